The van der Waals surface area contributed by atoms with Gasteiger partial charge in [-0.05, 0) is 36.8 Å². The van der Waals surface area contributed by atoms with E-state index in [-0.39, 0.29) is 23.7 Å². The minimum absolute atomic E-state index is 0.174. The second-order valence-corrected chi connectivity index (χ2v) is 6.26. The van der Waals surface area contributed by atoms with Crippen molar-refractivity contribution in [3.63, 3.8) is 0 Å². The Labute approximate surface area is 143 Å². The molecule has 0 saturated heterocycles. The summed E-state index contributed by atoms with van der Waals surface area (Å²) in [6, 6.07) is 13.9. The van der Waals surface area contributed by atoms with Gasteiger partial charge in [0.15, 0.2) is 0 Å². The summed E-state index contributed by atoms with van der Waals surface area (Å²) >= 11 is 11.9. The fourth-order valence-electron chi connectivity index (χ4n) is 2.36. The van der Waals surface area contributed by atoms with Crippen LogP contribution in [0.25, 0.3) is 0 Å². The highest BCUT2D eigenvalue weighted by Gasteiger charge is 2.48. The van der Waals surface area contributed by atoms with Crippen LogP contribution in [0.2, 0.25) is 10.0 Å². The number of nitrogens with one attached hydrogen (secondary N) is 2. The van der Waals surface area contributed by atoms with Crippen LogP contribution in [-0.4, -0.2) is 11.8 Å². The highest BCUT2D eigenvalue weighted by molar-refractivity contribution is 6.33. The van der Waals surface area contributed by atoms with Crippen molar-refractivity contribution in [3.05, 3.63) is 58.6 Å². The number of hydrogen-bond donors (Lipinski definition) is 2. The Kier molecular flexibility index (Phi) is 4.55. The van der Waals surface area contributed by atoms with E-state index in [1.807, 2.05) is 0 Å². The molecule has 1 aliphatic carbocycles. The number of carbonyl (C=O) groups is 2. The molecule has 2 aromatic rings. The summed E-state index contributed by atoms with van der Waals surface area (Å²) in [5.74, 6) is -1.02. The fraction of sp³-hybridized carbons (Fsp3) is 0.176. The normalized spacial score (nSPS) is 19.0. The van der Waals surface area contributed by atoms with E-state index in [1.165, 1.54) is 0 Å². The predicted octanol–water partition coefficient (Wildman–Crippen LogP) is 4.21. The molecular formula is C17H14Cl2N2O2. The molecule has 6 heteroatoms. The van der Waals surface area contributed by atoms with Gasteiger partial charge in [-0.25, -0.2) is 0 Å². The number of amides is 2. The monoisotopic (exact) mass is 348 g/mol. The van der Waals surface area contributed by atoms with Crippen LogP contribution in [0.5, 0.6) is 0 Å². The molecule has 1 fully saturated rings. The summed E-state index contributed by atoms with van der Waals surface area (Å²) in [5.41, 5.74) is 1.18. The molecule has 0 spiro atoms. The maximum atomic E-state index is 12.2. The number of halogens is 2. The van der Waals surface area contributed by atoms with E-state index in [4.69, 9.17) is 23.2 Å². The molecule has 23 heavy (non-hydrogen) atoms. The third kappa shape index (κ3) is 3.84. The molecule has 2 amide bonds. The van der Waals surface area contributed by atoms with Gasteiger partial charge in [0.05, 0.1) is 22.5 Å². The van der Waals surface area contributed by atoms with E-state index >= 15 is 0 Å². The molecule has 1 aliphatic rings. The van der Waals surface area contributed by atoms with Crippen molar-refractivity contribution in [1.82, 2.24) is 0 Å². The molecule has 0 bridgehead atoms. The van der Waals surface area contributed by atoms with Crippen molar-refractivity contribution in [2.45, 2.75) is 6.42 Å². The molecule has 2 aromatic carbocycles. The Morgan fingerprint density at radius 3 is 2.30 bits per heavy atom. The lowest BCUT2D eigenvalue weighted by atomic mass is 10.2. The zero-order valence-electron chi connectivity index (χ0n) is 12.1. The van der Waals surface area contributed by atoms with Gasteiger partial charge in [-0.15, -0.1) is 0 Å². The first kappa shape index (κ1) is 15.8. The van der Waals surface area contributed by atoms with Crippen LogP contribution in [-0.2, 0) is 9.59 Å². The standard InChI is InChI=1S/C17H14Cl2N2O2/c18-10-4-3-5-11(8-10)20-16(22)12-9-13(12)17(23)21-15-7-2-1-6-14(15)19/h1-8,12-13H,9H2,(H,20,22)(H,21,23). The van der Waals surface area contributed by atoms with E-state index in [0.29, 0.717) is 27.8 Å². The number of anilines is 2. The van der Waals surface area contributed by atoms with Gasteiger partial charge >= 0.3 is 0 Å². The van der Waals surface area contributed by atoms with Gasteiger partial charge in [0.25, 0.3) is 0 Å². The van der Waals surface area contributed by atoms with Crippen LogP contribution in [0.1, 0.15) is 6.42 Å². The summed E-state index contributed by atoms with van der Waals surface area (Å²) in [5, 5.41) is 6.55. The van der Waals surface area contributed by atoms with E-state index in [2.05, 4.69) is 10.6 Å². The molecule has 2 N–H and O–H groups in total. The average Bonchev–Trinajstić information content (AvgIpc) is 3.30. The Hall–Kier alpha value is -2.04. The fourth-order valence-corrected chi connectivity index (χ4v) is 2.74. The molecule has 2 unspecified atom stereocenters. The molecular weight excluding hydrogens is 335 g/mol. The van der Waals surface area contributed by atoms with Crippen molar-refractivity contribution < 1.29 is 9.59 Å². The topological polar surface area (TPSA) is 58.2 Å². The first-order chi connectivity index (χ1) is 11.0. The number of rotatable bonds is 4. The van der Waals surface area contributed by atoms with Crippen molar-refractivity contribution in [3.8, 4) is 0 Å². The van der Waals surface area contributed by atoms with E-state index in [0.717, 1.165) is 0 Å². The maximum Gasteiger partial charge on any atom is 0.228 e. The van der Waals surface area contributed by atoms with E-state index in [1.54, 1.807) is 48.5 Å². The highest BCUT2D eigenvalue weighted by atomic mass is 35.5. The minimum atomic E-state index is -0.328. The molecule has 0 aromatic heterocycles. The van der Waals surface area contributed by atoms with E-state index < -0.39 is 0 Å². The second-order valence-electron chi connectivity index (χ2n) is 5.42. The second kappa shape index (κ2) is 6.60. The highest BCUT2D eigenvalue weighted by Crippen LogP contribution is 2.40. The van der Waals surface area contributed by atoms with Gasteiger partial charge in [-0.1, -0.05) is 41.4 Å². The summed E-state index contributed by atoms with van der Waals surface area (Å²) < 4.78 is 0. The summed E-state index contributed by atoms with van der Waals surface area (Å²) in [6.07, 6.45) is 0.530. The first-order valence-electron chi connectivity index (χ1n) is 7.16. The van der Waals surface area contributed by atoms with Crippen molar-refractivity contribution in [2.24, 2.45) is 11.8 Å². The minimum Gasteiger partial charge on any atom is -0.326 e. The molecule has 118 valence electrons. The maximum absolute atomic E-state index is 12.2. The Bertz CT molecular complexity index is 764. The third-order valence-corrected chi connectivity index (χ3v) is 4.25. The molecule has 4 nitrogen and oxygen atoms in total. The molecule has 0 aliphatic heterocycles. The van der Waals surface area contributed by atoms with Gasteiger partial charge in [-0.2, -0.15) is 0 Å². The van der Waals surface area contributed by atoms with Gasteiger partial charge in [0.2, 0.25) is 11.8 Å². The molecule has 2 atom stereocenters. The van der Waals surface area contributed by atoms with Crippen molar-refractivity contribution >= 4 is 46.4 Å². The van der Waals surface area contributed by atoms with Gasteiger partial charge in [0, 0.05) is 10.7 Å². The molecule has 1 saturated carbocycles. The van der Waals surface area contributed by atoms with Crippen molar-refractivity contribution in [2.75, 3.05) is 10.6 Å². The first-order valence-corrected chi connectivity index (χ1v) is 7.92. The molecule has 0 heterocycles. The summed E-state index contributed by atoms with van der Waals surface area (Å²) in [6.45, 7) is 0. The van der Waals surface area contributed by atoms with Crippen LogP contribution in [0.3, 0.4) is 0 Å². The van der Waals surface area contributed by atoms with Gasteiger partial charge < -0.3 is 10.6 Å². The smallest absolute Gasteiger partial charge is 0.228 e. The average molecular weight is 349 g/mol. The molecule has 0 radical (unpaired) electrons. The van der Waals surface area contributed by atoms with E-state index in [9.17, 15) is 9.59 Å². The van der Waals surface area contributed by atoms with Crippen molar-refractivity contribution in [1.29, 1.82) is 0 Å². The Morgan fingerprint density at radius 2 is 1.61 bits per heavy atom. The van der Waals surface area contributed by atoms with Crippen LogP contribution in [0.4, 0.5) is 11.4 Å². The van der Waals surface area contributed by atoms with Gasteiger partial charge in [-0.3, -0.25) is 9.59 Å². The summed E-state index contributed by atoms with van der Waals surface area (Å²) in [7, 11) is 0. The SMILES string of the molecule is O=C(Nc1cccc(Cl)c1)C1CC1C(=O)Nc1ccccc1Cl. The van der Waals surface area contributed by atoms with Crippen LogP contribution in [0.15, 0.2) is 48.5 Å². The zero-order chi connectivity index (χ0) is 16.4. The zero-order valence-corrected chi connectivity index (χ0v) is 13.6. The molecule has 3 rings (SSSR count). The van der Waals surface area contributed by atoms with Gasteiger partial charge in [0.1, 0.15) is 0 Å². The number of para-hydroxylation sites is 1. The summed E-state index contributed by atoms with van der Waals surface area (Å²) in [4.78, 5) is 24.3. The number of carbonyl (C=O) groups excluding carboxylic acids is 2. The Morgan fingerprint density at radius 1 is 0.913 bits per heavy atom. The lowest BCUT2D eigenvalue weighted by Crippen LogP contribution is -2.20. The van der Waals surface area contributed by atoms with Crippen LogP contribution >= 0.6 is 23.2 Å². The van der Waals surface area contributed by atoms with Crippen LogP contribution in [0, 0.1) is 11.8 Å². The van der Waals surface area contributed by atoms with Crippen LogP contribution < -0.4 is 10.6 Å². The number of benzene rings is 2. The lowest BCUT2D eigenvalue weighted by Gasteiger charge is -2.07. The number of hydrogen-bond acceptors (Lipinski definition) is 2. The Balaban J connectivity index is 1.57. The third-order valence-electron chi connectivity index (χ3n) is 3.69. The largest absolute Gasteiger partial charge is 0.326 e. The lowest BCUT2D eigenvalue weighted by molar-refractivity contribution is -0.122. The quantitative estimate of drug-likeness (QED) is 0.869. The predicted molar refractivity (Wildman–Crippen MR) is 91.8 cm³/mol.